The van der Waals surface area contributed by atoms with E-state index >= 15 is 0 Å². The molecule has 26 heavy (non-hydrogen) atoms. The van der Waals surface area contributed by atoms with Gasteiger partial charge in [0.05, 0.1) is 6.04 Å². The fourth-order valence-electron chi connectivity index (χ4n) is 2.18. The van der Waals surface area contributed by atoms with Crippen LogP contribution >= 0.6 is 11.3 Å². The average Bonchev–Trinajstić information content (AvgIpc) is 3.02. The molecular formula is C18H21N3O4S. The van der Waals surface area contributed by atoms with Gasteiger partial charge in [0.15, 0.2) is 17.4 Å². The highest BCUT2D eigenvalue weighted by Crippen LogP contribution is 2.17. The van der Waals surface area contributed by atoms with Crippen molar-refractivity contribution in [3.05, 3.63) is 46.0 Å². The molecule has 2 amide bonds. The Morgan fingerprint density at radius 3 is 2.62 bits per heavy atom. The van der Waals surface area contributed by atoms with Gasteiger partial charge in [0.2, 0.25) is 5.91 Å². The zero-order valence-corrected chi connectivity index (χ0v) is 15.9. The zero-order valence-electron chi connectivity index (χ0n) is 15.1. The molecule has 0 saturated carbocycles. The van der Waals surface area contributed by atoms with Crippen LogP contribution in [0.15, 0.2) is 23.6 Å². The number of aryl methyl sites for hydroxylation is 2. The van der Waals surface area contributed by atoms with Gasteiger partial charge in [-0.05, 0) is 37.5 Å². The molecule has 2 N–H and O–H groups in total. The highest BCUT2D eigenvalue weighted by Gasteiger charge is 2.16. The first-order chi connectivity index (χ1) is 12.3. The van der Waals surface area contributed by atoms with Crippen molar-refractivity contribution in [2.24, 2.45) is 0 Å². The Kier molecular flexibility index (Phi) is 6.46. The average molecular weight is 375 g/mol. The number of anilines is 1. The summed E-state index contributed by atoms with van der Waals surface area (Å²) < 4.78 is 4.97. The van der Waals surface area contributed by atoms with Crippen molar-refractivity contribution in [1.82, 2.24) is 10.3 Å². The topological polar surface area (TPSA) is 97.4 Å². The third-order valence-corrected chi connectivity index (χ3v) is 4.50. The van der Waals surface area contributed by atoms with E-state index in [0.717, 1.165) is 22.5 Å². The molecule has 1 aromatic heterocycles. The molecule has 0 fully saturated rings. The number of benzene rings is 1. The van der Waals surface area contributed by atoms with Gasteiger partial charge in [-0.15, -0.1) is 11.3 Å². The Morgan fingerprint density at radius 2 is 1.96 bits per heavy atom. The van der Waals surface area contributed by atoms with Gasteiger partial charge in [-0.3, -0.25) is 9.59 Å². The molecule has 0 bridgehead atoms. The number of thiazole rings is 1. The summed E-state index contributed by atoms with van der Waals surface area (Å²) in [6.07, 6.45) is 0. The highest BCUT2D eigenvalue weighted by atomic mass is 32.1. The first-order valence-electron chi connectivity index (χ1n) is 8.03. The van der Waals surface area contributed by atoms with Crippen molar-refractivity contribution >= 4 is 34.3 Å². The lowest BCUT2D eigenvalue weighted by Gasteiger charge is -2.15. The number of aromatic nitrogens is 1. The van der Waals surface area contributed by atoms with E-state index in [4.69, 9.17) is 4.74 Å². The second-order valence-corrected chi connectivity index (χ2v) is 6.79. The van der Waals surface area contributed by atoms with E-state index in [0.29, 0.717) is 5.13 Å². The molecule has 0 saturated heterocycles. The van der Waals surface area contributed by atoms with Gasteiger partial charge >= 0.3 is 5.97 Å². The normalized spacial score (nSPS) is 11.5. The van der Waals surface area contributed by atoms with Gasteiger partial charge in [-0.1, -0.05) is 18.2 Å². The molecule has 0 aliphatic carbocycles. The van der Waals surface area contributed by atoms with E-state index in [1.807, 2.05) is 39.0 Å². The number of esters is 1. The van der Waals surface area contributed by atoms with E-state index in [1.54, 1.807) is 0 Å². The van der Waals surface area contributed by atoms with E-state index in [9.17, 15) is 14.4 Å². The minimum Gasteiger partial charge on any atom is -0.451 e. The van der Waals surface area contributed by atoms with Gasteiger partial charge in [0.1, 0.15) is 0 Å². The van der Waals surface area contributed by atoms with Crippen molar-refractivity contribution in [1.29, 1.82) is 0 Å². The van der Waals surface area contributed by atoms with Crippen LogP contribution in [0.3, 0.4) is 0 Å². The maximum atomic E-state index is 12.0. The number of ether oxygens (including phenoxy) is 1. The van der Waals surface area contributed by atoms with Crippen molar-refractivity contribution < 1.29 is 19.1 Å². The Balaban J connectivity index is 1.85. The number of carbonyl (C=O) groups is 3. The van der Waals surface area contributed by atoms with E-state index in [2.05, 4.69) is 15.6 Å². The van der Waals surface area contributed by atoms with E-state index < -0.39 is 18.5 Å². The van der Waals surface area contributed by atoms with Gasteiger partial charge in [0.25, 0.3) is 5.91 Å². The molecule has 0 spiro atoms. The molecule has 1 aromatic carbocycles. The Hall–Kier alpha value is -2.74. The number of carbonyl (C=O) groups excluding carboxylic acids is 3. The van der Waals surface area contributed by atoms with E-state index in [1.165, 1.54) is 17.9 Å². The molecule has 138 valence electrons. The standard InChI is InChI=1S/C18H21N3O4S/c1-10-5-6-14(7-11(10)2)12(3)19-16(23)8-25-17(24)15-9-26-18(21-15)20-13(4)22/h5-7,9,12H,8H2,1-4H3,(H,19,23)(H,20,21,22). The summed E-state index contributed by atoms with van der Waals surface area (Å²) in [4.78, 5) is 38.8. The van der Waals surface area contributed by atoms with Crippen LogP contribution < -0.4 is 10.6 Å². The van der Waals surface area contributed by atoms with Crippen molar-refractivity contribution in [2.75, 3.05) is 11.9 Å². The summed E-state index contributed by atoms with van der Waals surface area (Å²) in [6.45, 7) is 6.85. The van der Waals surface area contributed by atoms with Crippen LogP contribution in [0.1, 0.15) is 47.1 Å². The minimum atomic E-state index is -0.716. The van der Waals surface area contributed by atoms with Crippen LogP contribution in [0.5, 0.6) is 0 Å². The van der Waals surface area contributed by atoms with Crippen LogP contribution in [0.4, 0.5) is 5.13 Å². The molecule has 0 radical (unpaired) electrons. The van der Waals surface area contributed by atoms with Crippen LogP contribution in [-0.4, -0.2) is 29.4 Å². The third-order valence-electron chi connectivity index (χ3n) is 3.74. The lowest BCUT2D eigenvalue weighted by atomic mass is 10.0. The van der Waals surface area contributed by atoms with Crippen molar-refractivity contribution in [3.63, 3.8) is 0 Å². The maximum absolute atomic E-state index is 12.0. The largest absolute Gasteiger partial charge is 0.451 e. The molecule has 1 unspecified atom stereocenters. The van der Waals surface area contributed by atoms with Crippen molar-refractivity contribution in [3.8, 4) is 0 Å². The smallest absolute Gasteiger partial charge is 0.358 e. The molecule has 2 rings (SSSR count). The molecule has 0 aliphatic heterocycles. The molecule has 0 aliphatic rings. The fourth-order valence-corrected chi connectivity index (χ4v) is 2.91. The molecular weight excluding hydrogens is 354 g/mol. The van der Waals surface area contributed by atoms with Crippen LogP contribution in [0, 0.1) is 13.8 Å². The zero-order chi connectivity index (χ0) is 19.3. The van der Waals surface area contributed by atoms with Gasteiger partial charge in [-0.25, -0.2) is 9.78 Å². The molecule has 8 heteroatoms. The lowest BCUT2D eigenvalue weighted by Crippen LogP contribution is -2.31. The second-order valence-electron chi connectivity index (χ2n) is 5.93. The summed E-state index contributed by atoms with van der Waals surface area (Å²) in [5.41, 5.74) is 3.36. The first kappa shape index (κ1) is 19.6. The SMILES string of the molecule is CC(=O)Nc1nc(C(=O)OCC(=O)NC(C)c2ccc(C)c(C)c2)cs1. The molecule has 1 heterocycles. The summed E-state index contributed by atoms with van der Waals surface area (Å²) >= 11 is 1.11. The fraction of sp³-hybridized carbons (Fsp3) is 0.333. The third kappa shape index (κ3) is 5.38. The van der Waals surface area contributed by atoms with Crippen LogP contribution in [0.25, 0.3) is 0 Å². The predicted molar refractivity (Wildman–Crippen MR) is 99.2 cm³/mol. The summed E-state index contributed by atoms with van der Waals surface area (Å²) in [5, 5.41) is 7.03. The number of nitrogens with zero attached hydrogens (tertiary/aromatic N) is 1. The second kappa shape index (κ2) is 8.57. The summed E-state index contributed by atoms with van der Waals surface area (Å²) in [6, 6.07) is 5.78. The number of amides is 2. The van der Waals surface area contributed by atoms with Crippen LogP contribution in [-0.2, 0) is 14.3 Å². The molecule has 1 atom stereocenters. The number of rotatable bonds is 6. The summed E-state index contributed by atoms with van der Waals surface area (Å²) in [7, 11) is 0. The van der Waals surface area contributed by atoms with E-state index in [-0.39, 0.29) is 17.6 Å². The number of hydrogen-bond acceptors (Lipinski definition) is 6. The van der Waals surface area contributed by atoms with Crippen molar-refractivity contribution in [2.45, 2.75) is 33.7 Å². The highest BCUT2D eigenvalue weighted by molar-refractivity contribution is 7.14. The molecule has 2 aromatic rings. The first-order valence-corrected chi connectivity index (χ1v) is 8.91. The number of hydrogen-bond donors (Lipinski definition) is 2. The molecule has 7 nitrogen and oxygen atoms in total. The lowest BCUT2D eigenvalue weighted by molar-refractivity contribution is -0.124. The Labute approximate surface area is 155 Å². The maximum Gasteiger partial charge on any atom is 0.358 e. The van der Waals surface area contributed by atoms with Gasteiger partial charge < -0.3 is 15.4 Å². The monoisotopic (exact) mass is 375 g/mol. The Morgan fingerprint density at radius 1 is 1.23 bits per heavy atom. The minimum absolute atomic E-state index is 0.0498. The quantitative estimate of drug-likeness (QED) is 0.757. The van der Waals surface area contributed by atoms with Crippen LogP contribution in [0.2, 0.25) is 0 Å². The summed E-state index contributed by atoms with van der Waals surface area (Å²) in [5.74, 6) is -1.40. The number of nitrogens with one attached hydrogen (secondary N) is 2. The van der Waals surface area contributed by atoms with Gasteiger partial charge in [-0.2, -0.15) is 0 Å². The predicted octanol–water partition coefficient (Wildman–Crippen LogP) is 2.75. The van der Waals surface area contributed by atoms with Gasteiger partial charge in [0, 0.05) is 12.3 Å². The Bertz CT molecular complexity index is 832.